The Hall–Kier alpha value is -1.69. The molecular formula is C8H11N5O. The van der Waals surface area contributed by atoms with Gasteiger partial charge >= 0.3 is 0 Å². The maximum atomic E-state index is 8.62. The molecular weight excluding hydrogens is 182 g/mol. The predicted molar refractivity (Wildman–Crippen MR) is 51.9 cm³/mol. The van der Waals surface area contributed by atoms with Gasteiger partial charge in [0.15, 0.2) is 5.65 Å². The van der Waals surface area contributed by atoms with Crippen LogP contribution in [0.25, 0.3) is 11.2 Å². The minimum atomic E-state index is 0.0623. The molecule has 0 saturated carbocycles. The van der Waals surface area contributed by atoms with E-state index >= 15 is 0 Å². The molecule has 0 fully saturated rings. The highest BCUT2D eigenvalue weighted by molar-refractivity contribution is 5.70. The molecule has 0 spiro atoms. The third kappa shape index (κ3) is 1.51. The van der Waals surface area contributed by atoms with Gasteiger partial charge in [-0.25, -0.2) is 9.97 Å². The Morgan fingerprint density at radius 1 is 1.50 bits per heavy atom. The molecule has 6 nitrogen and oxygen atoms in total. The van der Waals surface area contributed by atoms with Crippen molar-refractivity contribution in [2.24, 2.45) is 7.05 Å². The van der Waals surface area contributed by atoms with Crippen LogP contribution in [0.1, 0.15) is 0 Å². The topological polar surface area (TPSA) is 75.9 Å². The van der Waals surface area contributed by atoms with Crippen molar-refractivity contribution in [1.82, 2.24) is 19.5 Å². The van der Waals surface area contributed by atoms with Crippen LogP contribution >= 0.6 is 0 Å². The highest BCUT2D eigenvalue weighted by Crippen LogP contribution is 2.09. The second kappa shape index (κ2) is 3.59. The van der Waals surface area contributed by atoms with E-state index in [-0.39, 0.29) is 6.61 Å². The minimum absolute atomic E-state index is 0.0623. The molecule has 0 unspecified atom stereocenters. The van der Waals surface area contributed by atoms with Gasteiger partial charge in [0.25, 0.3) is 0 Å². The molecule has 74 valence electrons. The molecule has 2 N–H and O–H groups in total. The molecule has 0 aliphatic rings. The van der Waals surface area contributed by atoms with E-state index in [0.717, 1.165) is 11.2 Å². The molecule has 2 heterocycles. The lowest BCUT2D eigenvalue weighted by molar-refractivity contribution is 0.311. The third-order valence-corrected chi connectivity index (χ3v) is 1.85. The number of aliphatic hydroxyl groups is 1. The molecule has 2 rings (SSSR count). The third-order valence-electron chi connectivity index (χ3n) is 1.85. The maximum Gasteiger partial charge on any atom is 0.224 e. The molecule has 0 aliphatic carbocycles. The first-order valence-corrected chi connectivity index (χ1v) is 4.30. The molecule has 0 radical (unpaired) electrons. The number of anilines is 1. The van der Waals surface area contributed by atoms with Gasteiger partial charge in [-0.1, -0.05) is 0 Å². The van der Waals surface area contributed by atoms with E-state index in [4.69, 9.17) is 5.11 Å². The lowest BCUT2D eigenvalue weighted by Crippen LogP contribution is -2.08. The maximum absolute atomic E-state index is 8.62. The van der Waals surface area contributed by atoms with Crippen molar-refractivity contribution < 1.29 is 5.11 Å². The zero-order valence-electron chi connectivity index (χ0n) is 7.80. The monoisotopic (exact) mass is 193 g/mol. The van der Waals surface area contributed by atoms with Gasteiger partial charge in [-0.05, 0) is 0 Å². The zero-order chi connectivity index (χ0) is 9.97. The lowest BCUT2D eigenvalue weighted by Gasteiger charge is -2.01. The van der Waals surface area contributed by atoms with E-state index in [0.29, 0.717) is 12.5 Å². The minimum Gasteiger partial charge on any atom is -0.395 e. The van der Waals surface area contributed by atoms with E-state index in [1.54, 1.807) is 12.5 Å². The van der Waals surface area contributed by atoms with Crippen LogP contribution in [0.15, 0.2) is 12.5 Å². The second-order valence-electron chi connectivity index (χ2n) is 2.91. The highest BCUT2D eigenvalue weighted by Gasteiger charge is 2.02. The highest BCUT2D eigenvalue weighted by atomic mass is 16.3. The SMILES string of the molecule is Cn1cnc2cnc(NCCO)nc21. The molecule has 0 aromatic carbocycles. The molecule has 2 aromatic rings. The number of nitrogens with zero attached hydrogens (tertiary/aromatic N) is 4. The summed E-state index contributed by atoms with van der Waals surface area (Å²) in [5.74, 6) is 0.509. The number of imidazole rings is 1. The Morgan fingerprint density at radius 2 is 2.36 bits per heavy atom. The van der Waals surface area contributed by atoms with Crippen LogP contribution in [0.5, 0.6) is 0 Å². The number of rotatable bonds is 3. The number of aromatic nitrogens is 4. The Bertz CT molecular complexity index is 438. The fourth-order valence-corrected chi connectivity index (χ4v) is 1.17. The van der Waals surface area contributed by atoms with E-state index in [9.17, 15) is 0 Å². The molecule has 0 atom stereocenters. The molecule has 2 aromatic heterocycles. The van der Waals surface area contributed by atoms with Gasteiger partial charge in [0.1, 0.15) is 5.52 Å². The van der Waals surface area contributed by atoms with E-state index in [2.05, 4.69) is 20.3 Å². The predicted octanol–water partition coefficient (Wildman–Crippen LogP) is -0.233. The van der Waals surface area contributed by atoms with Gasteiger partial charge in [-0.2, -0.15) is 4.98 Å². The zero-order valence-corrected chi connectivity index (χ0v) is 7.80. The number of fused-ring (bicyclic) bond motifs is 1. The number of hydrogen-bond acceptors (Lipinski definition) is 5. The van der Waals surface area contributed by atoms with Gasteiger partial charge in [0.2, 0.25) is 5.95 Å². The average molecular weight is 193 g/mol. The van der Waals surface area contributed by atoms with E-state index in [1.807, 2.05) is 11.6 Å². The Labute approximate surface area is 80.6 Å². The van der Waals surface area contributed by atoms with Gasteiger partial charge in [0, 0.05) is 13.6 Å². The molecule has 0 bridgehead atoms. The van der Waals surface area contributed by atoms with Gasteiger partial charge in [-0.15, -0.1) is 0 Å². The Kier molecular flexibility index (Phi) is 2.28. The number of aliphatic hydroxyl groups excluding tert-OH is 1. The van der Waals surface area contributed by atoms with Crippen molar-refractivity contribution in [2.75, 3.05) is 18.5 Å². The number of hydrogen-bond donors (Lipinski definition) is 2. The summed E-state index contributed by atoms with van der Waals surface area (Å²) in [5.41, 5.74) is 1.54. The van der Waals surface area contributed by atoms with Crippen LogP contribution in [0.3, 0.4) is 0 Å². The normalized spacial score (nSPS) is 10.7. The molecule has 14 heavy (non-hydrogen) atoms. The summed E-state index contributed by atoms with van der Waals surface area (Å²) in [7, 11) is 1.87. The van der Waals surface area contributed by atoms with E-state index < -0.39 is 0 Å². The van der Waals surface area contributed by atoms with Crippen LogP contribution in [-0.2, 0) is 7.05 Å². The first-order valence-electron chi connectivity index (χ1n) is 4.30. The summed E-state index contributed by atoms with van der Waals surface area (Å²) in [6.07, 6.45) is 3.34. The van der Waals surface area contributed by atoms with Crippen LogP contribution in [0.4, 0.5) is 5.95 Å². The van der Waals surface area contributed by atoms with Gasteiger partial charge < -0.3 is 15.0 Å². The first kappa shape index (κ1) is 8.89. The van der Waals surface area contributed by atoms with Crippen LogP contribution in [0.2, 0.25) is 0 Å². The molecule has 6 heteroatoms. The van der Waals surface area contributed by atoms with Crippen LogP contribution in [-0.4, -0.2) is 37.8 Å². The average Bonchev–Trinajstić information content (AvgIpc) is 2.57. The summed E-state index contributed by atoms with van der Waals surface area (Å²) in [4.78, 5) is 12.4. The van der Waals surface area contributed by atoms with Crippen molar-refractivity contribution in [3.05, 3.63) is 12.5 Å². The Morgan fingerprint density at radius 3 is 3.14 bits per heavy atom. The van der Waals surface area contributed by atoms with Crippen molar-refractivity contribution in [3.63, 3.8) is 0 Å². The largest absolute Gasteiger partial charge is 0.395 e. The van der Waals surface area contributed by atoms with E-state index in [1.165, 1.54) is 0 Å². The second-order valence-corrected chi connectivity index (χ2v) is 2.91. The van der Waals surface area contributed by atoms with Crippen molar-refractivity contribution in [1.29, 1.82) is 0 Å². The lowest BCUT2D eigenvalue weighted by atomic mass is 10.5. The molecule has 0 saturated heterocycles. The fourth-order valence-electron chi connectivity index (χ4n) is 1.17. The first-order chi connectivity index (χ1) is 6.81. The van der Waals surface area contributed by atoms with Crippen molar-refractivity contribution in [3.8, 4) is 0 Å². The fraction of sp³-hybridized carbons (Fsp3) is 0.375. The Balaban J connectivity index is 2.34. The van der Waals surface area contributed by atoms with Crippen LogP contribution in [0, 0.1) is 0 Å². The summed E-state index contributed by atoms with van der Waals surface area (Å²) < 4.78 is 1.82. The van der Waals surface area contributed by atoms with Crippen molar-refractivity contribution >= 4 is 17.1 Å². The standard InChI is InChI=1S/C8H11N5O/c1-13-5-11-6-4-10-8(9-2-3-14)12-7(6)13/h4-5,14H,2-3H2,1H3,(H,9,10,12). The number of aryl methyl sites for hydroxylation is 1. The number of nitrogens with one attached hydrogen (secondary N) is 1. The van der Waals surface area contributed by atoms with Gasteiger partial charge in [0.05, 0.1) is 19.1 Å². The van der Waals surface area contributed by atoms with Crippen molar-refractivity contribution in [2.45, 2.75) is 0 Å². The smallest absolute Gasteiger partial charge is 0.224 e. The quantitative estimate of drug-likeness (QED) is 0.704. The summed E-state index contributed by atoms with van der Waals surface area (Å²) in [6, 6.07) is 0. The summed E-state index contributed by atoms with van der Waals surface area (Å²) in [5, 5.41) is 11.5. The molecule has 0 aliphatic heterocycles. The summed E-state index contributed by atoms with van der Waals surface area (Å²) >= 11 is 0. The van der Waals surface area contributed by atoms with Crippen LogP contribution < -0.4 is 5.32 Å². The van der Waals surface area contributed by atoms with Gasteiger partial charge in [-0.3, -0.25) is 0 Å². The summed E-state index contributed by atoms with van der Waals surface area (Å²) in [6.45, 7) is 0.510. The molecule has 0 amide bonds.